The Bertz CT molecular complexity index is 496. The van der Waals surface area contributed by atoms with E-state index in [0.29, 0.717) is 6.54 Å². The van der Waals surface area contributed by atoms with Gasteiger partial charge in [-0.15, -0.1) is 0 Å². The molecule has 1 heterocycles. The van der Waals surface area contributed by atoms with Gasteiger partial charge in [-0.1, -0.05) is 13.8 Å². The van der Waals surface area contributed by atoms with Crippen LogP contribution < -0.4 is 0 Å². The SMILES string of the molecule is CC(C)C(C)(CC(=O)N(C)Cc1cnn(C)c1)C(=O)O. The van der Waals surface area contributed by atoms with Crippen LogP contribution in [0.15, 0.2) is 12.4 Å². The summed E-state index contributed by atoms with van der Waals surface area (Å²) in [5.41, 5.74) is -0.120. The molecule has 20 heavy (non-hydrogen) atoms. The van der Waals surface area contributed by atoms with E-state index in [0.717, 1.165) is 5.56 Å². The Labute approximate surface area is 119 Å². The molecule has 0 aliphatic carbocycles. The van der Waals surface area contributed by atoms with Crippen molar-refractivity contribution in [3.8, 4) is 0 Å². The number of amides is 1. The fourth-order valence-corrected chi connectivity index (χ4v) is 1.89. The maximum absolute atomic E-state index is 12.2. The number of hydrogen-bond acceptors (Lipinski definition) is 3. The van der Waals surface area contributed by atoms with Crippen molar-refractivity contribution in [1.82, 2.24) is 14.7 Å². The zero-order chi connectivity index (χ0) is 15.5. The zero-order valence-corrected chi connectivity index (χ0v) is 12.8. The molecule has 0 aliphatic rings. The maximum atomic E-state index is 12.2. The molecule has 112 valence electrons. The Morgan fingerprint density at radius 3 is 2.50 bits per heavy atom. The van der Waals surface area contributed by atoms with Crippen molar-refractivity contribution >= 4 is 11.9 Å². The molecule has 1 unspecified atom stereocenters. The Morgan fingerprint density at radius 2 is 2.10 bits per heavy atom. The van der Waals surface area contributed by atoms with Gasteiger partial charge in [-0.2, -0.15) is 5.10 Å². The molecule has 1 aromatic heterocycles. The van der Waals surface area contributed by atoms with E-state index in [9.17, 15) is 14.7 Å². The Balaban J connectivity index is 2.72. The molecule has 1 rings (SSSR count). The summed E-state index contributed by atoms with van der Waals surface area (Å²) >= 11 is 0. The number of hydrogen-bond donors (Lipinski definition) is 1. The lowest BCUT2D eigenvalue weighted by molar-refractivity contribution is -0.155. The molecule has 0 aliphatic heterocycles. The highest BCUT2D eigenvalue weighted by molar-refractivity contribution is 5.84. The first-order valence-electron chi connectivity index (χ1n) is 6.61. The number of carbonyl (C=O) groups is 2. The quantitative estimate of drug-likeness (QED) is 0.857. The molecule has 0 aromatic carbocycles. The normalized spacial score (nSPS) is 14.1. The summed E-state index contributed by atoms with van der Waals surface area (Å²) in [5.74, 6) is -1.22. The van der Waals surface area contributed by atoms with Crippen LogP contribution in [0.5, 0.6) is 0 Å². The van der Waals surface area contributed by atoms with Gasteiger partial charge < -0.3 is 10.0 Å². The molecule has 1 N–H and O–H groups in total. The van der Waals surface area contributed by atoms with Crippen molar-refractivity contribution in [3.05, 3.63) is 18.0 Å². The maximum Gasteiger partial charge on any atom is 0.310 e. The molecular formula is C14H23N3O3. The summed E-state index contributed by atoms with van der Waals surface area (Å²) in [6.45, 7) is 5.70. The molecule has 1 aromatic rings. The summed E-state index contributed by atoms with van der Waals surface area (Å²) in [6, 6.07) is 0. The molecule has 0 fully saturated rings. The van der Waals surface area contributed by atoms with E-state index in [1.165, 1.54) is 0 Å². The smallest absolute Gasteiger partial charge is 0.310 e. The van der Waals surface area contributed by atoms with E-state index in [1.54, 1.807) is 29.7 Å². The van der Waals surface area contributed by atoms with Crippen LogP contribution in [0.2, 0.25) is 0 Å². The van der Waals surface area contributed by atoms with Crippen molar-refractivity contribution in [2.75, 3.05) is 7.05 Å². The molecule has 1 atom stereocenters. The summed E-state index contributed by atoms with van der Waals surface area (Å²) < 4.78 is 1.67. The van der Waals surface area contributed by atoms with Gasteiger partial charge in [0.05, 0.1) is 11.6 Å². The molecule has 6 heteroatoms. The monoisotopic (exact) mass is 281 g/mol. The van der Waals surface area contributed by atoms with Crippen LogP contribution in [0.1, 0.15) is 32.8 Å². The van der Waals surface area contributed by atoms with E-state index in [4.69, 9.17) is 0 Å². The fraction of sp³-hybridized carbons (Fsp3) is 0.643. The zero-order valence-electron chi connectivity index (χ0n) is 12.8. The third-order valence-electron chi connectivity index (χ3n) is 3.89. The lowest BCUT2D eigenvalue weighted by atomic mass is 9.76. The number of aryl methyl sites for hydroxylation is 1. The van der Waals surface area contributed by atoms with Crippen LogP contribution in [0.3, 0.4) is 0 Å². The highest BCUT2D eigenvalue weighted by atomic mass is 16.4. The van der Waals surface area contributed by atoms with Gasteiger partial charge in [-0.05, 0) is 12.8 Å². The van der Waals surface area contributed by atoms with E-state index >= 15 is 0 Å². The first-order valence-corrected chi connectivity index (χ1v) is 6.61. The number of rotatable bonds is 6. The highest BCUT2D eigenvalue weighted by Crippen LogP contribution is 2.32. The molecule has 0 spiro atoms. The Kier molecular flexibility index (Phi) is 4.92. The van der Waals surface area contributed by atoms with Crippen molar-refractivity contribution in [3.63, 3.8) is 0 Å². The summed E-state index contributed by atoms with van der Waals surface area (Å²) in [4.78, 5) is 25.2. The molecule has 0 bridgehead atoms. The van der Waals surface area contributed by atoms with Gasteiger partial charge in [-0.3, -0.25) is 14.3 Å². The van der Waals surface area contributed by atoms with Crippen LogP contribution in [0.25, 0.3) is 0 Å². The van der Waals surface area contributed by atoms with Crippen molar-refractivity contribution in [2.45, 2.75) is 33.7 Å². The minimum atomic E-state index is -1.04. The van der Waals surface area contributed by atoms with Crippen LogP contribution in [-0.4, -0.2) is 38.7 Å². The van der Waals surface area contributed by atoms with E-state index < -0.39 is 11.4 Å². The molecule has 1 amide bonds. The Hall–Kier alpha value is -1.85. The second-order valence-electron chi connectivity index (χ2n) is 5.83. The average molecular weight is 281 g/mol. The van der Waals surface area contributed by atoms with Gasteiger partial charge in [0, 0.05) is 38.8 Å². The van der Waals surface area contributed by atoms with E-state index in [2.05, 4.69) is 5.10 Å². The Morgan fingerprint density at radius 1 is 1.50 bits per heavy atom. The predicted octanol–water partition coefficient (Wildman–Crippen LogP) is 1.52. The second kappa shape index (κ2) is 6.07. The van der Waals surface area contributed by atoms with Crippen LogP contribution in [0.4, 0.5) is 0 Å². The summed E-state index contributed by atoms with van der Waals surface area (Å²) in [5, 5.41) is 13.4. The fourth-order valence-electron chi connectivity index (χ4n) is 1.89. The number of aliphatic carboxylic acids is 1. The van der Waals surface area contributed by atoms with E-state index in [-0.39, 0.29) is 18.2 Å². The third-order valence-corrected chi connectivity index (χ3v) is 3.89. The average Bonchev–Trinajstić information content (AvgIpc) is 2.73. The van der Waals surface area contributed by atoms with Crippen molar-refractivity contribution in [2.24, 2.45) is 18.4 Å². The van der Waals surface area contributed by atoms with Crippen LogP contribution >= 0.6 is 0 Å². The minimum Gasteiger partial charge on any atom is -0.481 e. The predicted molar refractivity (Wildman–Crippen MR) is 74.9 cm³/mol. The second-order valence-corrected chi connectivity index (χ2v) is 5.83. The molecule has 0 saturated carbocycles. The highest BCUT2D eigenvalue weighted by Gasteiger charge is 2.39. The molecular weight excluding hydrogens is 258 g/mol. The first-order chi connectivity index (χ1) is 9.16. The lowest BCUT2D eigenvalue weighted by Gasteiger charge is -2.30. The van der Waals surface area contributed by atoms with Gasteiger partial charge in [0.1, 0.15) is 0 Å². The van der Waals surface area contributed by atoms with E-state index in [1.807, 2.05) is 27.1 Å². The van der Waals surface area contributed by atoms with Crippen LogP contribution in [0, 0.1) is 11.3 Å². The van der Waals surface area contributed by atoms with Gasteiger partial charge in [0.2, 0.25) is 5.91 Å². The lowest BCUT2D eigenvalue weighted by Crippen LogP contribution is -2.39. The largest absolute Gasteiger partial charge is 0.481 e. The summed E-state index contributed by atoms with van der Waals surface area (Å²) in [6.07, 6.45) is 3.53. The number of carboxylic acids is 1. The van der Waals surface area contributed by atoms with Crippen molar-refractivity contribution < 1.29 is 14.7 Å². The third kappa shape index (κ3) is 3.59. The number of nitrogens with zero attached hydrogens (tertiary/aromatic N) is 3. The van der Waals surface area contributed by atoms with Crippen molar-refractivity contribution in [1.29, 1.82) is 0 Å². The minimum absolute atomic E-state index is 0.00321. The number of carbonyl (C=O) groups excluding carboxylic acids is 1. The molecule has 0 saturated heterocycles. The van der Waals surface area contributed by atoms with Gasteiger partial charge in [0.25, 0.3) is 0 Å². The number of aromatic nitrogens is 2. The molecule has 6 nitrogen and oxygen atoms in total. The first kappa shape index (κ1) is 16.2. The van der Waals surface area contributed by atoms with Crippen LogP contribution in [-0.2, 0) is 23.2 Å². The standard InChI is InChI=1S/C14H23N3O3/c1-10(2)14(3,13(19)20)6-12(18)16(4)8-11-7-15-17(5)9-11/h7,9-10H,6,8H2,1-5H3,(H,19,20). The molecule has 0 radical (unpaired) electrons. The summed E-state index contributed by atoms with van der Waals surface area (Å²) in [7, 11) is 3.49. The topological polar surface area (TPSA) is 75.4 Å². The number of carboxylic acid groups (broad SMARTS) is 1. The van der Waals surface area contributed by atoms with Gasteiger partial charge >= 0.3 is 5.97 Å². The van der Waals surface area contributed by atoms with Gasteiger partial charge in [0.15, 0.2) is 0 Å². The van der Waals surface area contributed by atoms with Gasteiger partial charge in [-0.25, -0.2) is 0 Å².